The molecule has 1 aliphatic carbocycles. The van der Waals surface area contributed by atoms with E-state index >= 15 is 0 Å². The van der Waals surface area contributed by atoms with Crippen LogP contribution in [-0.2, 0) is 16.0 Å². The smallest absolute Gasteiger partial charge is 0.168 e. The molecule has 3 rings (SSSR count). The molecule has 1 saturated heterocycles. The molecule has 0 radical (unpaired) electrons. The van der Waals surface area contributed by atoms with Gasteiger partial charge in [0, 0.05) is 12.8 Å². The van der Waals surface area contributed by atoms with Crippen molar-refractivity contribution in [2.24, 2.45) is 5.92 Å². The first kappa shape index (κ1) is 13.2. The first-order chi connectivity index (χ1) is 9.36. The minimum atomic E-state index is -0.210. The molecule has 1 aromatic rings. The maximum Gasteiger partial charge on any atom is 0.168 e. The molecule has 0 unspecified atom stereocenters. The lowest BCUT2D eigenvalue weighted by Gasteiger charge is -2.35. The molecular formula is C15H23NO3. The highest BCUT2D eigenvalue weighted by atomic mass is 16.7. The molecule has 0 aromatic carbocycles. The summed E-state index contributed by atoms with van der Waals surface area (Å²) in [5.74, 6) is 1.61. The van der Waals surface area contributed by atoms with Crippen LogP contribution in [0.1, 0.15) is 37.9 Å². The summed E-state index contributed by atoms with van der Waals surface area (Å²) in [5, 5.41) is 3.44. The predicted octanol–water partition coefficient (Wildman–Crippen LogP) is 2.69. The standard InChI is InChI=1S/C15H23NO3/c1-2-14(17-9-1)12-16-8-5-13-3-6-15(7-4-13)18-10-11-19-15/h1-2,9,13,16H,3-8,10-12H2. The molecule has 2 heterocycles. The zero-order valence-corrected chi connectivity index (χ0v) is 11.4. The summed E-state index contributed by atoms with van der Waals surface area (Å²) in [6, 6.07) is 3.94. The number of nitrogens with one attached hydrogen (secondary N) is 1. The molecule has 2 fully saturated rings. The van der Waals surface area contributed by atoms with E-state index in [0.717, 1.165) is 50.8 Å². The van der Waals surface area contributed by atoms with Crippen molar-refractivity contribution in [3.8, 4) is 0 Å². The van der Waals surface area contributed by atoms with Gasteiger partial charge in [0.2, 0.25) is 0 Å². The van der Waals surface area contributed by atoms with Gasteiger partial charge in [-0.25, -0.2) is 0 Å². The highest BCUT2D eigenvalue weighted by molar-refractivity contribution is 4.97. The Bertz CT molecular complexity index is 361. The van der Waals surface area contributed by atoms with E-state index in [4.69, 9.17) is 13.9 Å². The maximum atomic E-state index is 5.75. The summed E-state index contributed by atoms with van der Waals surface area (Å²) in [6.07, 6.45) is 7.53. The second kappa shape index (κ2) is 6.07. The molecular weight excluding hydrogens is 242 g/mol. The van der Waals surface area contributed by atoms with Crippen molar-refractivity contribution < 1.29 is 13.9 Å². The van der Waals surface area contributed by atoms with Crippen LogP contribution in [0.2, 0.25) is 0 Å². The Morgan fingerprint density at radius 1 is 1.21 bits per heavy atom. The van der Waals surface area contributed by atoms with Crippen LogP contribution in [0.4, 0.5) is 0 Å². The third-order valence-corrected chi connectivity index (χ3v) is 4.29. The summed E-state index contributed by atoms with van der Waals surface area (Å²) in [7, 11) is 0. The Balaban J connectivity index is 1.31. The molecule has 0 atom stereocenters. The van der Waals surface area contributed by atoms with Crippen molar-refractivity contribution in [3.63, 3.8) is 0 Å². The monoisotopic (exact) mass is 265 g/mol. The van der Waals surface area contributed by atoms with Crippen LogP contribution in [0.25, 0.3) is 0 Å². The van der Waals surface area contributed by atoms with E-state index < -0.39 is 0 Å². The molecule has 0 bridgehead atoms. The van der Waals surface area contributed by atoms with Gasteiger partial charge in [0.25, 0.3) is 0 Å². The molecule has 0 amide bonds. The van der Waals surface area contributed by atoms with Crippen molar-refractivity contribution in [1.82, 2.24) is 5.32 Å². The molecule has 106 valence electrons. The first-order valence-corrected chi connectivity index (χ1v) is 7.37. The van der Waals surface area contributed by atoms with Gasteiger partial charge in [-0.15, -0.1) is 0 Å². The Hall–Kier alpha value is -0.840. The van der Waals surface area contributed by atoms with E-state index in [1.807, 2.05) is 12.1 Å². The highest BCUT2D eigenvalue weighted by Gasteiger charge is 2.39. The van der Waals surface area contributed by atoms with E-state index in [0.29, 0.717) is 0 Å². The quantitative estimate of drug-likeness (QED) is 0.831. The zero-order chi connectivity index (χ0) is 13.0. The molecule has 2 aliphatic rings. The van der Waals surface area contributed by atoms with E-state index in [-0.39, 0.29) is 5.79 Å². The molecule has 1 saturated carbocycles. The van der Waals surface area contributed by atoms with E-state index in [1.165, 1.54) is 19.3 Å². The van der Waals surface area contributed by atoms with Gasteiger partial charge in [0.1, 0.15) is 5.76 Å². The highest BCUT2D eigenvalue weighted by Crippen LogP contribution is 2.39. The summed E-state index contributed by atoms with van der Waals surface area (Å²) < 4.78 is 16.8. The van der Waals surface area contributed by atoms with Gasteiger partial charge < -0.3 is 19.2 Å². The van der Waals surface area contributed by atoms with Crippen LogP contribution in [-0.4, -0.2) is 25.5 Å². The molecule has 19 heavy (non-hydrogen) atoms. The van der Waals surface area contributed by atoms with Gasteiger partial charge in [-0.05, 0) is 43.9 Å². The van der Waals surface area contributed by atoms with Crippen LogP contribution in [0.5, 0.6) is 0 Å². The van der Waals surface area contributed by atoms with Crippen LogP contribution in [0, 0.1) is 5.92 Å². The number of furan rings is 1. The average molecular weight is 265 g/mol. The minimum Gasteiger partial charge on any atom is -0.468 e. The van der Waals surface area contributed by atoms with Crippen molar-refractivity contribution in [2.75, 3.05) is 19.8 Å². The Labute approximate surface area is 114 Å². The van der Waals surface area contributed by atoms with Crippen molar-refractivity contribution in [1.29, 1.82) is 0 Å². The summed E-state index contributed by atoms with van der Waals surface area (Å²) in [5.41, 5.74) is 0. The van der Waals surface area contributed by atoms with Gasteiger partial charge in [0.05, 0.1) is 26.0 Å². The van der Waals surface area contributed by atoms with Gasteiger partial charge >= 0.3 is 0 Å². The Kier molecular flexibility index (Phi) is 4.21. The predicted molar refractivity (Wildman–Crippen MR) is 71.6 cm³/mol. The number of ether oxygens (including phenoxy) is 2. The lowest BCUT2D eigenvalue weighted by Crippen LogP contribution is -2.35. The van der Waals surface area contributed by atoms with Crippen molar-refractivity contribution in [2.45, 2.75) is 44.4 Å². The molecule has 1 aliphatic heterocycles. The maximum absolute atomic E-state index is 5.75. The fourth-order valence-electron chi connectivity index (χ4n) is 3.12. The van der Waals surface area contributed by atoms with E-state index in [9.17, 15) is 0 Å². The van der Waals surface area contributed by atoms with Crippen molar-refractivity contribution in [3.05, 3.63) is 24.2 Å². The second-order valence-electron chi connectivity index (χ2n) is 5.60. The fourth-order valence-corrected chi connectivity index (χ4v) is 3.12. The van der Waals surface area contributed by atoms with Crippen LogP contribution in [0.15, 0.2) is 22.8 Å². The first-order valence-electron chi connectivity index (χ1n) is 7.37. The third-order valence-electron chi connectivity index (χ3n) is 4.29. The lowest BCUT2D eigenvalue weighted by molar-refractivity contribution is -0.182. The second-order valence-corrected chi connectivity index (χ2v) is 5.60. The van der Waals surface area contributed by atoms with Gasteiger partial charge in [0.15, 0.2) is 5.79 Å². The molecule has 4 heteroatoms. The molecule has 1 N–H and O–H groups in total. The SMILES string of the molecule is c1coc(CNCCC2CCC3(CC2)OCCO3)c1. The zero-order valence-electron chi connectivity index (χ0n) is 11.4. The lowest BCUT2D eigenvalue weighted by atomic mass is 9.83. The van der Waals surface area contributed by atoms with Crippen LogP contribution >= 0.6 is 0 Å². The Morgan fingerprint density at radius 3 is 2.68 bits per heavy atom. The van der Waals surface area contributed by atoms with Crippen LogP contribution in [0.3, 0.4) is 0 Å². The fraction of sp³-hybridized carbons (Fsp3) is 0.733. The largest absolute Gasteiger partial charge is 0.468 e. The number of hydrogen-bond donors (Lipinski definition) is 1. The van der Waals surface area contributed by atoms with E-state index in [1.54, 1.807) is 6.26 Å². The number of hydrogen-bond acceptors (Lipinski definition) is 4. The molecule has 4 nitrogen and oxygen atoms in total. The molecule has 1 spiro atoms. The van der Waals surface area contributed by atoms with Crippen molar-refractivity contribution >= 4 is 0 Å². The van der Waals surface area contributed by atoms with Crippen LogP contribution < -0.4 is 5.32 Å². The summed E-state index contributed by atoms with van der Waals surface area (Å²) in [6.45, 7) is 3.43. The third kappa shape index (κ3) is 3.38. The van der Waals surface area contributed by atoms with Gasteiger partial charge in [-0.3, -0.25) is 0 Å². The number of rotatable bonds is 5. The van der Waals surface area contributed by atoms with E-state index in [2.05, 4.69) is 5.32 Å². The summed E-state index contributed by atoms with van der Waals surface area (Å²) >= 11 is 0. The molecule has 1 aromatic heterocycles. The minimum absolute atomic E-state index is 0.210. The Morgan fingerprint density at radius 2 is 2.00 bits per heavy atom. The van der Waals surface area contributed by atoms with Gasteiger partial charge in [-0.2, -0.15) is 0 Å². The average Bonchev–Trinajstić information content (AvgIpc) is 3.09. The topological polar surface area (TPSA) is 43.6 Å². The summed E-state index contributed by atoms with van der Waals surface area (Å²) in [4.78, 5) is 0. The van der Waals surface area contributed by atoms with Gasteiger partial charge in [-0.1, -0.05) is 0 Å². The normalized spacial score (nSPS) is 23.2.